The zero-order valence-electron chi connectivity index (χ0n) is 13.4. The third-order valence-corrected chi connectivity index (χ3v) is 3.48. The van der Waals surface area contributed by atoms with Gasteiger partial charge in [-0.3, -0.25) is 4.79 Å². The molecule has 0 heterocycles. The molecular formula is C18H27NO2. The van der Waals surface area contributed by atoms with E-state index in [1.165, 1.54) is 12.8 Å². The summed E-state index contributed by atoms with van der Waals surface area (Å²) >= 11 is 0. The Morgan fingerprint density at radius 1 is 1.24 bits per heavy atom. The van der Waals surface area contributed by atoms with Gasteiger partial charge in [-0.25, -0.2) is 0 Å². The maximum absolute atomic E-state index is 12.4. The van der Waals surface area contributed by atoms with E-state index in [0.717, 1.165) is 24.9 Å². The Morgan fingerprint density at radius 3 is 2.48 bits per heavy atom. The first-order valence-corrected chi connectivity index (χ1v) is 7.68. The van der Waals surface area contributed by atoms with Crippen LogP contribution < -0.4 is 0 Å². The van der Waals surface area contributed by atoms with Crippen LogP contribution >= 0.6 is 0 Å². The molecule has 0 bridgehead atoms. The smallest absolute Gasteiger partial charge is 0.160 e. The quantitative estimate of drug-likeness (QED) is 0.556. The summed E-state index contributed by atoms with van der Waals surface area (Å²) < 4.78 is 0. The molecule has 1 aromatic rings. The summed E-state index contributed by atoms with van der Waals surface area (Å²) in [6.45, 7) is 2.97. The van der Waals surface area contributed by atoms with Crippen molar-refractivity contribution in [3.8, 4) is 5.75 Å². The number of allylic oxidation sites excluding steroid dienone is 1. The molecule has 1 atom stereocenters. The fourth-order valence-corrected chi connectivity index (χ4v) is 2.30. The molecule has 0 amide bonds. The van der Waals surface area contributed by atoms with Crippen LogP contribution in [0.1, 0.15) is 38.2 Å². The Hall–Kier alpha value is -1.61. The third-order valence-electron chi connectivity index (χ3n) is 3.48. The molecule has 1 rings (SSSR count). The molecule has 0 aliphatic carbocycles. The van der Waals surface area contributed by atoms with Crippen molar-refractivity contribution in [3.05, 3.63) is 35.9 Å². The van der Waals surface area contributed by atoms with Gasteiger partial charge in [-0.15, -0.1) is 0 Å². The van der Waals surface area contributed by atoms with Gasteiger partial charge in [0.25, 0.3) is 0 Å². The second-order valence-corrected chi connectivity index (χ2v) is 5.78. The van der Waals surface area contributed by atoms with Crippen molar-refractivity contribution in [2.75, 3.05) is 20.6 Å². The molecule has 1 aromatic carbocycles. The lowest BCUT2D eigenvalue weighted by Crippen LogP contribution is -2.27. The summed E-state index contributed by atoms with van der Waals surface area (Å²) in [5.74, 6) is 0.497. The van der Waals surface area contributed by atoms with Crippen molar-refractivity contribution < 1.29 is 9.90 Å². The van der Waals surface area contributed by atoms with Gasteiger partial charge in [0, 0.05) is 12.5 Å². The molecule has 21 heavy (non-hydrogen) atoms. The van der Waals surface area contributed by atoms with Crippen LogP contribution in [0.2, 0.25) is 0 Å². The number of ketones is 1. The summed E-state index contributed by atoms with van der Waals surface area (Å²) in [5.41, 5.74) is 0.929. The van der Waals surface area contributed by atoms with Crippen LogP contribution in [0, 0.1) is 5.92 Å². The number of phenols is 1. The zero-order valence-corrected chi connectivity index (χ0v) is 13.4. The number of phenolic OH excluding ortho intramolecular Hbond substituents is 1. The minimum Gasteiger partial charge on any atom is -0.508 e. The molecular weight excluding hydrogens is 262 g/mol. The topological polar surface area (TPSA) is 40.5 Å². The fraction of sp³-hybridized carbons (Fsp3) is 0.500. The first-order chi connectivity index (χ1) is 10.0. The number of aromatic hydroxyl groups is 1. The maximum atomic E-state index is 12.4. The largest absolute Gasteiger partial charge is 0.508 e. The summed E-state index contributed by atoms with van der Waals surface area (Å²) in [4.78, 5) is 14.4. The van der Waals surface area contributed by atoms with Crippen LogP contribution in [0.3, 0.4) is 0 Å². The number of nitrogens with zero attached hydrogens (tertiary/aromatic N) is 1. The average Bonchev–Trinajstić information content (AvgIpc) is 2.45. The molecule has 0 radical (unpaired) electrons. The summed E-state index contributed by atoms with van der Waals surface area (Å²) in [5, 5.41) is 9.25. The van der Waals surface area contributed by atoms with Gasteiger partial charge in [0.1, 0.15) is 5.75 Å². The van der Waals surface area contributed by atoms with E-state index in [0.29, 0.717) is 0 Å². The van der Waals surface area contributed by atoms with Crippen LogP contribution in [0.5, 0.6) is 5.75 Å². The minimum atomic E-state index is 0.0694. The number of unbranched alkanes of at least 4 members (excludes halogenated alkanes) is 2. The lowest BCUT2D eigenvalue weighted by atomic mass is 9.95. The molecule has 0 saturated carbocycles. The molecule has 0 aliphatic rings. The van der Waals surface area contributed by atoms with Crippen LogP contribution in [0.4, 0.5) is 0 Å². The molecule has 3 nitrogen and oxygen atoms in total. The Balaban J connectivity index is 2.63. The van der Waals surface area contributed by atoms with Crippen molar-refractivity contribution >= 4 is 11.9 Å². The normalized spacial score (nSPS) is 13.0. The van der Waals surface area contributed by atoms with Crippen LogP contribution in [0.15, 0.2) is 30.3 Å². The first kappa shape index (κ1) is 17.4. The van der Waals surface area contributed by atoms with E-state index in [1.54, 1.807) is 30.3 Å². The van der Waals surface area contributed by atoms with Gasteiger partial charge in [0.15, 0.2) is 5.78 Å². The predicted octanol–water partition coefficient (Wildman–Crippen LogP) is 3.73. The van der Waals surface area contributed by atoms with Gasteiger partial charge in [-0.2, -0.15) is 0 Å². The Morgan fingerprint density at radius 2 is 1.90 bits per heavy atom. The second kappa shape index (κ2) is 9.35. The molecule has 1 N–H and O–H groups in total. The van der Waals surface area contributed by atoms with Gasteiger partial charge in [-0.05, 0) is 44.3 Å². The number of carbonyl (C=O) groups excluding carboxylic acids is 1. The summed E-state index contributed by atoms with van der Waals surface area (Å²) in [7, 11) is 4.01. The van der Waals surface area contributed by atoms with Gasteiger partial charge < -0.3 is 10.0 Å². The number of hydrogen-bond acceptors (Lipinski definition) is 3. The number of carbonyl (C=O) groups is 1. The van der Waals surface area contributed by atoms with Gasteiger partial charge in [0.2, 0.25) is 0 Å². The maximum Gasteiger partial charge on any atom is 0.160 e. The standard InChI is InChI=1S/C18H27NO2/c1-4-5-6-7-16(14-19(2)3)18(21)13-10-15-8-11-17(20)12-9-15/h8-13,16,20H,4-7,14H2,1-3H3/b13-10-/t16-/m0/s1. The highest BCUT2D eigenvalue weighted by Gasteiger charge is 2.16. The van der Waals surface area contributed by atoms with E-state index in [1.807, 2.05) is 20.2 Å². The van der Waals surface area contributed by atoms with Gasteiger partial charge >= 0.3 is 0 Å². The number of rotatable bonds is 9. The molecule has 0 saturated heterocycles. The Labute approximate surface area is 128 Å². The first-order valence-electron chi connectivity index (χ1n) is 7.68. The van der Waals surface area contributed by atoms with E-state index in [2.05, 4.69) is 11.8 Å². The number of hydrogen-bond donors (Lipinski definition) is 1. The van der Waals surface area contributed by atoms with Gasteiger partial charge in [0.05, 0.1) is 0 Å². The van der Waals surface area contributed by atoms with E-state index >= 15 is 0 Å². The molecule has 0 aliphatic heterocycles. The summed E-state index contributed by atoms with van der Waals surface area (Å²) in [6, 6.07) is 6.86. The SMILES string of the molecule is CCCCC[C@@H](CN(C)C)C(=O)/C=C\c1ccc(O)cc1. The Kier molecular flexibility index (Phi) is 7.76. The van der Waals surface area contributed by atoms with E-state index in [9.17, 15) is 9.90 Å². The van der Waals surface area contributed by atoms with Crippen molar-refractivity contribution in [2.45, 2.75) is 32.6 Å². The Bertz CT molecular complexity index is 449. The minimum absolute atomic E-state index is 0.0694. The lowest BCUT2D eigenvalue weighted by molar-refractivity contribution is -0.118. The molecule has 0 unspecified atom stereocenters. The molecule has 0 spiro atoms. The summed E-state index contributed by atoms with van der Waals surface area (Å²) in [6.07, 6.45) is 7.90. The van der Waals surface area contributed by atoms with Crippen LogP contribution in [0.25, 0.3) is 6.08 Å². The highest BCUT2D eigenvalue weighted by Crippen LogP contribution is 2.15. The van der Waals surface area contributed by atoms with E-state index < -0.39 is 0 Å². The van der Waals surface area contributed by atoms with Crippen LogP contribution in [-0.4, -0.2) is 36.4 Å². The van der Waals surface area contributed by atoms with E-state index in [-0.39, 0.29) is 17.5 Å². The van der Waals surface area contributed by atoms with Gasteiger partial charge in [-0.1, -0.05) is 44.4 Å². The highest BCUT2D eigenvalue weighted by molar-refractivity contribution is 5.95. The highest BCUT2D eigenvalue weighted by atomic mass is 16.3. The van der Waals surface area contributed by atoms with Crippen molar-refractivity contribution in [1.82, 2.24) is 4.90 Å². The van der Waals surface area contributed by atoms with Crippen molar-refractivity contribution in [1.29, 1.82) is 0 Å². The molecule has 116 valence electrons. The molecule has 0 aromatic heterocycles. The molecule has 3 heteroatoms. The predicted molar refractivity (Wildman–Crippen MR) is 88.3 cm³/mol. The zero-order chi connectivity index (χ0) is 15.7. The van der Waals surface area contributed by atoms with Crippen molar-refractivity contribution in [3.63, 3.8) is 0 Å². The van der Waals surface area contributed by atoms with Crippen molar-refractivity contribution in [2.24, 2.45) is 5.92 Å². The van der Waals surface area contributed by atoms with E-state index in [4.69, 9.17) is 0 Å². The monoisotopic (exact) mass is 289 g/mol. The third kappa shape index (κ3) is 7.09. The second-order valence-electron chi connectivity index (χ2n) is 5.78. The average molecular weight is 289 g/mol. The molecule has 0 fully saturated rings. The number of benzene rings is 1. The lowest BCUT2D eigenvalue weighted by Gasteiger charge is -2.18. The van der Waals surface area contributed by atoms with Crippen LogP contribution in [-0.2, 0) is 4.79 Å². The fourth-order valence-electron chi connectivity index (χ4n) is 2.30.